The van der Waals surface area contributed by atoms with Gasteiger partial charge in [-0.2, -0.15) is 4.98 Å². The van der Waals surface area contributed by atoms with Crippen LogP contribution in [0.15, 0.2) is 83.6 Å². The summed E-state index contributed by atoms with van der Waals surface area (Å²) in [5, 5.41) is 10.8. The van der Waals surface area contributed by atoms with Gasteiger partial charge in [-0.25, -0.2) is 0 Å². The molecule has 0 saturated heterocycles. The molecule has 3 N–H and O–H groups in total. The monoisotopic (exact) mass is 412 g/mol. The second-order valence-corrected chi connectivity index (χ2v) is 7.88. The second-order valence-electron chi connectivity index (χ2n) is 6.83. The van der Waals surface area contributed by atoms with Crippen LogP contribution in [0.4, 0.5) is 5.82 Å². The van der Waals surface area contributed by atoms with Crippen molar-refractivity contribution in [3.05, 3.63) is 89.6 Å². The Morgan fingerprint density at radius 1 is 0.967 bits per heavy atom. The van der Waals surface area contributed by atoms with Gasteiger partial charge < -0.3 is 15.3 Å². The van der Waals surface area contributed by atoms with Gasteiger partial charge in [-0.1, -0.05) is 54.6 Å². The van der Waals surface area contributed by atoms with Gasteiger partial charge in [0.05, 0.1) is 4.88 Å². The Labute approximate surface area is 176 Å². The number of nitrogens with zero attached hydrogens (tertiary/aromatic N) is 1. The lowest BCUT2D eigenvalue weighted by Crippen LogP contribution is -2.00. The first-order chi connectivity index (χ1) is 14.6. The van der Waals surface area contributed by atoms with E-state index in [9.17, 15) is 9.90 Å². The van der Waals surface area contributed by atoms with Crippen LogP contribution in [-0.4, -0.2) is 15.9 Å². The lowest BCUT2D eigenvalue weighted by atomic mass is 9.97. The number of phenols is 1. The first kappa shape index (κ1) is 18.1. The maximum atomic E-state index is 13.3. The molecular formula is C24H16N2O3S. The molecule has 30 heavy (non-hydrogen) atoms. The van der Waals surface area contributed by atoms with Gasteiger partial charge in [0.25, 0.3) is 0 Å². The largest absolute Gasteiger partial charge is 0.508 e. The van der Waals surface area contributed by atoms with E-state index < -0.39 is 0 Å². The van der Waals surface area contributed by atoms with Gasteiger partial charge in [0, 0.05) is 26.8 Å². The number of rotatable bonds is 4. The van der Waals surface area contributed by atoms with Gasteiger partial charge in [0.1, 0.15) is 5.75 Å². The molecule has 0 atom stereocenters. The molecule has 2 heterocycles. The van der Waals surface area contributed by atoms with Crippen LogP contribution in [0, 0.1) is 0 Å². The predicted molar refractivity (Wildman–Crippen MR) is 119 cm³/mol. The van der Waals surface area contributed by atoms with E-state index in [4.69, 9.17) is 10.2 Å². The van der Waals surface area contributed by atoms with E-state index in [-0.39, 0.29) is 11.5 Å². The Bertz CT molecular complexity index is 1370. The van der Waals surface area contributed by atoms with E-state index in [1.165, 1.54) is 17.7 Å². The fourth-order valence-corrected chi connectivity index (χ4v) is 4.73. The highest BCUT2D eigenvalue weighted by Gasteiger charge is 2.21. The Morgan fingerprint density at radius 3 is 2.40 bits per heavy atom. The Kier molecular flexibility index (Phi) is 4.34. The lowest BCUT2D eigenvalue weighted by Gasteiger charge is -2.07. The number of nitrogens with two attached hydrogens (primary N) is 1. The number of aromatic nitrogens is 1. The second kappa shape index (κ2) is 7.17. The summed E-state index contributed by atoms with van der Waals surface area (Å²) in [5.41, 5.74) is 9.03. The van der Waals surface area contributed by atoms with Crippen LogP contribution < -0.4 is 5.73 Å². The van der Waals surface area contributed by atoms with E-state index in [0.29, 0.717) is 22.0 Å². The van der Waals surface area contributed by atoms with Gasteiger partial charge in [-0.3, -0.25) is 4.79 Å². The molecule has 5 rings (SSSR count). The highest BCUT2D eigenvalue weighted by atomic mass is 32.1. The lowest BCUT2D eigenvalue weighted by molar-refractivity contribution is 0.104. The highest BCUT2D eigenvalue weighted by molar-refractivity contribution is 7.21. The average Bonchev–Trinajstić information content (AvgIpc) is 3.37. The predicted octanol–water partition coefficient (Wildman–Crippen LogP) is 5.74. The summed E-state index contributed by atoms with van der Waals surface area (Å²) in [7, 11) is 0. The number of nitrogen functional groups attached to an aromatic ring is 1. The van der Waals surface area contributed by atoms with Crippen molar-refractivity contribution >= 4 is 33.0 Å². The van der Waals surface area contributed by atoms with E-state index >= 15 is 0 Å². The minimum Gasteiger partial charge on any atom is -0.508 e. The Morgan fingerprint density at radius 2 is 1.70 bits per heavy atom. The molecule has 2 aromatic heterocycles. The van der Waals surface area contributed by atoms with Gasteiger partial charge in [-0.05, 0) is 23.8 Å². The van der Waals surface area contributed by atoms with Crippen molar-refractivity contribution in [2.24, 2.45) is 0 Å². The van der Waals surface area contributed by atoms with Crippen LogP contribution >= 0.6 is 11.3 Å². The molecule has 0 saturated carbocycles. The number of hydrogen-bond donors (Lipinski definition) is 2. The number of thiophene rings is 1. The van der Waals surface area contributed by atoms with Gasteiger partial charge >= 0.3 is 0 Å². The molecule has 0 radical (unpaired) electrons. The minimum atomic E-state index is -0.0464. The van der Waals surface area contributed by atoms with Crippen molar-refractivity contribution in [2.45, 2.75) is 0 Å². The molecule has 3 aromatic carbocycles. The summed E-state index contributed by atoms with van der Waals surface area (Å²) in [5.74, 6) is 0.974. The highest BCUT2D eigenvalue weighted by Crippen LogP contribution is 2.41. The fourth-order valence-electron chi connectivity index (χ4n) is 3.51. The van der Waals surface area contributed by atoms with Crippen molar-refractivity contribution in [3.63, 3.8) is 0 Å². The molecule has 0 fully saturated rings. The molecule has 0 spiro atoms. The molecule has 0 aliphatic carbocycles. The summed E-state index contributed by atoms with van der Waals surface area (Å²) < 4.78 is 6.22. The van der Waals surface area contributed by atoms with Crippen LogP contribution in [0.1, 0.15) is 15.2 Å². The zero-order valence-electron chi connectivity index (χ0n) is 15.7. The standard InChI is InChI=1S/C24H16N2O3S/c25-24-22(29-13-26-24)16-8-6-14(7-9-16)20-18-11-10-17(27)12-19(18)30-23(20)21(28)15-4-2-1-3-5-15/h1-13,27H,25H2. The summed E-state index contributed by atoms with van der Waals surface area (Å²) in [6.45, 7) is 0. The number of benzene rings is 3. The van der Waals surface area contributed by atoms with Crippen molar-refractivity contribution in [1.29, 1.82) is 0 Å². The molecular weight excluding hydrogens is 396 g/mol. The quantitative estimate of drug-likeness (QED) is 0.367. The molecule has 6 heteroatoms. The van der Waals surface area contributed by atoms with Gasteiger partial charge in [0.2, 0.25) is 5.78 Å². The number of phenolic OH excluding ortho intramolecular Hbond substituents is 1. The summed E-state index contributed by atoms with van der Waals surface area (Å²) >= 11 is 1.38. The maximum absolute atomic E-state index is 13.3. The van der Waals surface area contributed by atoms with E-state index in [2.05, 4.69) is 4.98 Å². The summed E-state index contributed by atoms with van der Waals surface area (Å²) in [6.07, 6.45) is 1.31. The summed E-state index contributed by atoms with van der Waals surface area (Å²) in [4.78, 5) is 17.9. The number of anilines is 1. The molecule has 0 aliphatic rings. The van der Waals surface area contributed by atoms with Crippen molar-refractivity contribution in [1.82, 2.24) is 4.98 Å². The zero-order valence-corrected chi connectivity index (χ0v) is 16.5. The fraction of sp³-hybridized carbons (Fsp3) is 0. The molecule has 0 aliphatic heterocycles. The van der Waals surface area contributed by atoms with Gasteiger partial charge in [0.15, 0.2) is 18.0 Å². The van der Waals surface area contributed by atoms with Crippen molar-refractivity contribution < 1.29 is 14.3 Å². The number of ketones is 1. The zero-order chi connectivity index (χ0) is 20.7. The normalized spacial score (nSPS) is 11.1. The van der Waals surface area contributed by atoms with Gasteiger partial charge in [-0.15, -0.1) is 11.3 Å². The van der Waals surface area contributed by atoms with E-state index in [1.807, 2.05) is 60.7 Å². The number of hydrogen-bond acceptors (Lipinski definition) is 6. The van der Waals surface area contributed by atoms with Crippen molar-refractivity contribution in [3.8, 4) is 28.2 Å². The van der Waals surface area contributed by atoms with Crippen LogP contribution in [0.25, 0.3) is 32.5 Å². The third kappa shape index (κ3) is 3.03. The summed E-state index contributed by atoms with van der Waals surface area (Å²) in [6, 6.07) is 22.0. The molecule has 5 aromatic rings. The van der Waals surface area contributed by atoms with E-state index in [1.54, 1.807) is 12.1 Å². The van der Waals surface area contributed by atoms with Crippen LogP contribution in [-0.2, 0) is 0 Å². The molecule has 0 amide bonds. The van der Waals surface area contributed by atoms with Crippen molar-refractivity contribution in [2.75, 3.05) is 5.73 Å². The Balaban J connectivity index is 1.68. The first-order valence-electron chi connectivity index (χ1n) is 9.27. The number of oxazole rings is 1. The number of carbonyl (C=O) groups is 1. The third-order valence-corrected chi connectivity index (χ3v) is 6.10. The Hall–Kier alpha value is -3.90. The molecule has 146 valence electrons. The minimum absolute atomic E-state index is 0.0464. The maximum Gasteiger partial charge on any atom is 0.203 e. The van der Waals surface area contributed by atoms with Crippen LogP contribution in [0.5, 0.6) is 5.75 Å². The number of aromatic hydroxyl groups is 1. The molecule has 0 unspecified atom stereocenters. The first-order valence-corrected chi connectivity index (χ1v) is 10.1. The van der Waals surface area contributed by atoms with E-state index in [0.717, 1.165) is 26.8 Å². The smallest absolute Gasteiger partial charge is 0.203 e. The average molecular weight is 412 g/mol. The van der Waals surface area contributed by atoms with Crippen LogP contribution in [0.3, 0.4) is 0 Å². The topological polar surface area (TPSA) is 89.4 Å². The number of fused-ring (bicyclic) bond motifs is 1. The van der Waals surface area contributed by atoms with Crippen LogP contribution in [0.2, 0.25) is 0 Å². The number of carbonyl (C=O) groups excluding carboxylic acids is 1. The third-order valence-electron chi connectivity index (χ3n) is 4.95. The molecule has 5 nitrogen and oxygen atoms in total. The SMILES string of the molecule is Nc1ncoc1-c1ccc(-c2c(C(=O)c3ccccc3)sc3cc(O)ccc23)cc1. The molecule has 0 bridgehead atoms.